The van der Waals surface area contributed by atoms with Crippen molar-refractivity contribution in [2.45, 2.75) is 44.8 Å². The van der Waals surface area contributed by atoms with E-state index >= 15 is 0 Å². The average Bonchev–Trinajstić information content (AvgIpc) is 3.44. The van der Waals surface area contributed by atoms with Gasteiger partial charge < -0.3 is 19.7 Å². The normalized spacial score (nSPS) is 24.3. The predicted molar refractivity (Wildman–Crippen MR) is 120 cm³/mol. The number of hydrogen-bond acceptors (Lipinski definition) is 5. The number of amides is 2. The van der Waals surface area contributed by atoms with Gasteiger partial charge in [0.25, 0.3) is 0 Å². The van der Waals surface area contributed by atoms with Gasteiger partial charge in [-0.2, -0.15) is 0 Å². The van der Waals surface area contributed by atoms with Crippen LogP contribution in [-0.4, -0.2) is 47.3 Å². The van der Waals surface area contributed by atoms with Crippen LogP contribution in [0.1, 0.15) is 38.3 Å². The highest BCUT2D eigenvalue weighted by molar-refractivity contribution is 5.69. The van der Waals surface area contributed by atoms with Crippen LogP contribution >= 0.6 is 0 Å². The number of piperidine rings is 1. The third-order valence-corrected chi connectivity index (χ3v) is 6.42. The number of carbonyl (C=O) groups is 2. The van der Waals surface area contributed by atoms with Gasteiger partial charge in [0, 0.05) is 37.4 Å². The van der Waals surface area contributed by atoms with Crippen molar-refractivity contribution in [3.63, 3.8) is 0 Å². The van der Waals surface area contributed by atoms with E-state index in [0.29, 0.717) is 25.6 Å². The molecule has 7 heteroatoms. The lowest BCUT2D eigenvalue weighted by molar-refractivity contribution is 0.0206. The monoisotopic (exact) mass is 437 g/mol. The van der Waals surface area contributed by atoms with E-state index in [1.54, 1.807) is 11.1 Å². The fraction of sp³-hybridized carbons (Fsp3) is 0.480. The number of rotatable bonds is 5. The second kappa shape index (κ2) is 8.81. The Morgan fingerprint density at radius 3 is 2.62 bits per heavy atom. The molecule has 0 radical (unpaired) electrons. The van der Waals surface area contributed by atoms with Gasteiger partial charge in [-0.25, -0.2) is 9.59 Å². The number of ether oxygens (including phenoxy) is 2. The number of benzene rings is 1. The highest BCUT2D eigenvalue weighted by atomic mass is 16.6. The molecule has 170 valence electrons. The Hall–Kier alpha value is -3.09. The maximum absolute atomic E-state index is 12.6. The summed E-state index contributed by atoms with van der Waals surface area (Å²) in [5.74, 6) is 0.613. The lowest BCUT2D eigenvalue weighted by Crippen LogP contribution is -2.41. The Labute approximate surface area is 189 Å². The number of alkyl carbamates (subject to hydrolysis) is 1. The second-order valence-corrected chi connectivity index (χ2v) is 9.63. The van der Waals surface area contributed by atoms with Crippen molar-refractivity contribution in [2.75, 3.05) is 19.6 Å². The van der Waals surface area contributed by atoms with Gasteiger partial charge in [0.15, 0.2) is 0 Å². The Kier molecular flexibility index (Phi) is 6.09. The Balaban J connectivity index is 1.42. The Bertz CT molecular complexity index is 945. The van der Waals surface area contributed by atoms with Crippen molar-refractivity contribution in [1.29, 1.82) is 0 Å². The summed E-state index contributed by atoms with van der Waals surface area (Å²) in [6, 6.07) is 13.6. The van der Waals surface area contributed by atoms with Crippen molar-refractivity contribution in [2.24, 2.45) is 11.8 Å². The van der Waals surface area contributed by atoms with Crippen LogP contribution in [0.5, 0.6) is 0 Å². The first-order valence-corrected chi connectivity index (χ1v) is 11.1. The topological polar surface area (TPSA) is 80.8 Å². The van der Waals surface area contributed by atoms with Crippen molar-refractivity contribution >= 4 is 12.2 Å². The molecule has 1 saturated heterocycles. The Morgan fingerprint density at radius 1 is 1.16 bits per heavy atom. The summed E-state index contributed by atoms with van der Waals surface area (Å²) in [5.41, 5.74) is 1.25. The zero-order valence-corrected chi connectivity index (χ0v) is 18.9. The molecule has 4 rings (SSSR count). The first kappa shape index (κ1) is 22.1. The number of hydrogen-bond donors (Lipinski definition) is 1. The largest absolute Gasteiger partial charge is 0.445 e. The molecule has 1 aliphatic carbocycles. The standard InChI is InChI=1S/C25H31N3O4/c1-24(2,3)32-23(30)28-13-11-20-21(15-28)25(20,19-10-7-12-26-14-19)17-27-22(29)31-16-18-8-5-4-6-9-18/h4-10,12,14,20-21H,11,13,15-17H2,1-3H3,(H,27,29). The summed E-state index contributed by atoms with van der Waals surface area (Å²) < 4.78 is 11.0. The number of carbonyl (C=O) groups excluding carboxylic acids is 2. The third kappa shape index (κ3) is 4.71. The maximum atomic E-state index is 12.6. The van der Waals surface area contributed by atoms with Gasteiger partial charge in [0.2, 0.25) is 0 Å². The molecule has 2 aromatic rings. The molecule has 0 spiro atoms. The van der Waals surface area contributed by atoms with E-state index in [2.05, 4.69) is 16.4 Å². The van der Waals surface area contributed by atoms with E-state index in [1.807, 2.05) is 63.4 Å². The van der Waals surface area contributed by atoms with Gasteiger partial charge in [-0.3, -0.25) is 4.98 Å². The average molecular weight is 438 g/mol. The summed E-state index contributed by atoms with van der Waals surface area (Å²) in [4.78, 5) is 31.1. The number of nitrogens with zero attached hydrogens (tertiary/aromatic N) is 2. The zero-order chi connectivity index (χ0) is 22.8. The van der Waals surface area contributed by atoms with Gasteiger partial charge in [-0.1, -0.05) is 36.4 Å². The van der Waals surface area contributed by atoms with Crippen molar-refractivity contribution in [3.05, 3.63) is 66.0 Å². The fourth-order valence-electron chi connectivity index (χ4n) is 4.89. The molecule has 32 heavy (non-hydrogen) atoms. The Morgan fingerprint density at radius 2 is 1.94 bits per heavy atom. The first-order valence-electron chi connectivity index (χ1n) is 11.1. The smallest absolute Gasteiger partial charge is 0.410 e. The van der Waals surface area contributed by atoms with Crippen molar-refractivity contribution < 1.29 is 19.1 Å². The molecule has 2 fully saturated rings. The zero-order valence-electron chi connectivity index (χ0n) is 18.9. The number of aromatic nitrogens is 1. The molecular formula is C25H31N3O4. The van der Waals surface area contributed by atoms with Gasteiger partial charge in [0.05, 0.1) is 0 Å². The predicted octanol–water partition coefficient (Wildman–Crippen LogP) is 4.13. The van der Waals surface area contributed by atoms with Gasteiger partial charge >= 0.3 is 12.2 Å². The molecule has 2 amide bonds. The molecule has 7 nitrogen and oxygen atoms in total. The van der Waals surface area contributed by atoms with Crippen LogP contribution in [-0.2, 0) is 21.5 Å². The summed E-state index contributed by atoms with van der Waals surface area (Å²) in [5, 5.41) is 2.97. The molecular weight excluding hydrogens is 406 g/mol. The summed E-state index contributed by atoms with van der Waals surface area (Å²) in [6.07, 6.45) is 3.76. The number of nitrogens with one attached hydrogen (secondary N) is 1. The summed E-state index contributed by atoms with van der Waals surface area (Å²) in [6.45, 7) is 7.56. The van der Waals surface area contributed by atoms with Gasteiger partial charge in [-0.15, -0.1) is 0 Å². The quantitative estimate of drug-likeness (QED) is 0.761. The molecule has 1 aliphatic heterocycles. The number of fused-ring (bicyclic) bond motifs is 1. The first-order chi connectivity index (χ1) is 15.3. The van der Waals surface area contributed by atoms with Crippen LogP contribution in [0.15, 0.2) is 54.9 Å². The number of pyridine rings is 1. The SMILES string of the molecule is CC(C)(C)OC(=O)N1CCC2C(C1)C2(CNC(=O)OCc1ccccc1)c1cccnc1. The van der Waals surface area contributed by atoms with Crippen molar-refractivity contribution in [3.8, 4) is 0 Å². The summed E-state index contributed by atoms with van der Waals surface area (Å²) >= 11 is 0. The minimum Gasteiger partial charge on any atom is -0.445 e. The molecule has 2 heterocycles. The second-order valence-electron chi connectivity index (χ2n) is 9.63. The van der Waals surface area contributed by atoms with Gasteiger partial charge in [0.1, 0.15) is 12.2 Å². The molecule has 1 aromatic heterocycles. The van der Waals surface area contributed by atoms with Crippen LogP contribution in [0.25, 0.3) is 0 Å². The lowest BCUT2D eigenvalue weighted by Gasteiger charge is -2.29. The molecule has 1 saturated carbocycles. The van der Waals surface area contributed by atoms with Crippen LogP contribution in [0.3, 0.4) is 0 Å². The minimum absolute atomic E-state index is 0.228. The summed E-state index contributed by atoms with van der Waals surface area (Å²) in [7, 11) is 0. The van der Waals surface area contributed by atoms with E-state index in [0.717, 1.165) is 17.5 Å². The van der Waals surface area contributed by atoms with Crippen LogP contribution in [0.2, 0.25) is 0 Å². The van der Waals surface area contributed by atoms with Crippen LogP contribution < -0.4 is 5.32 Å². The van der Waals surface area contributed by atoms with Crippen molar-refractivity contribution in [1.82, 2.24) is 15.2 Å². The maximum Gasteiger partial charge on any atom is 0.410 e. The molecule has 1 aromatic carbocycles. The lowest BCUT2D eigenvalue weighted by atomic mass is 9.92. The number of likely N-dealkylation sites (tertiary alicyclic amines) is 1. The molecule has 3 atom stereocenters. The van der Waals surface area contributed by atoms with Crippen LogP contribution in [0, 0.1) is 11.8 Å². The van der Waals surface area contributed by atoms with E-state index in [4.69, 9.17) is 9.47 Å². The minimum atomic E-state index is -0.526. The third-order valence-electron chi connectivity index (χ3n) is 6.42. The van der Waals surface area contributed by atoms with E-state index in [1.165, 1.54) is 0 Å². The van der Waals surface area contributed by atoms with Gasteiger partial charge in [-0.05, 0) is 56.2 Å². The molecule has 2 aliphatic rings. The van der Waals surface area contributed by atoms with E-state index in [-0.39, 0.29) is 24.0 Å². The van der Waals surface area contributed by atoms with E-state index in [9.17, 15) is 9.59 Å². The highest BCUT2D eigenvalue weighted by Gasteiger charge is 2.67. The fourth-order valence-corrected chi connectivity index (χ4v) is 4.89. The highest BCUT2D eigenvalue weighted by Crippen LogP contribution is 2.63. The molecule has 0 bridgehead atoms. The molecule has 3 unspecified atom stereocenters. The van der Waals surface area contributed by atoms with E-state index < -0.39 is 11.7 Å². The van der Waals surface area contributed by atoms with Crippen LogP contribution in [0.4, 0.5) is 9.59 Å². The molecule has 1 N–H and O–H groups in total.